The van der Waals surface area contributed by atoms with Gasteiger partial charge in [-0.3, -0.25) is 4.79 Å². The average Bonchev–Trinajstić information content (AvgIpc) is 3.11. The van der Waals surface area contributed by atoms with Crippen molar-refractivity contribution >= 4 is 16.8 Å². The van der Waals surface area contributed by atoms with E-state index in [1.807, 2.05) is 41.3 Å². The lowest BCUT2D eigenvalue weighted by molar-refractivity contribution is 0.0730. The average molecular weight is 316 g/mol. The first-order valence-electron chi connectivity index (χ1n) is 8.46. The van der Waals surface area contributed by atoms with Crippen LogP contribution in [0.5, 0.6) is 0 Å². The highest BCUT2D eigenvalue weighted by molar-refractivity contribution is 5.95. The molecule has 0 radical (unpaired) electrons. The number of carbonyl (C=O) groups is 1. The van der Waals surface area contributed by atoms with E-state index in [1.165, 1.54) is 11.1 Å². The van der Waals surface area contributed by atoms with Gasteiger partial charge < -0.3 is 4.90 Å². The second-order valence-electron chi connectivity index (χ2n) is 6.46. The van der Waals surface area contributed by atoms with Crippen molar-refractivity contribution in [1.29, 1.82) is 0 Å². The SMILES string of the molecule is Cc1ccc([C@H]2CCCN2C(=O)c2ccc3ccccc3n2)cc1. The van der Waals surface area contributed by atoms with Crippen molar-refractivity contribution in [3.63, 3.8) is 0 Å². The minimum absolute atomic E-state index is 0.0313. The molecule has 1 fully saturated rings. The molecule has 0 unspecified atom stereocenters. The van der Waals surface area contributed by atoms with Crippen LogP contribution in [0.2, 0.25) is 0 Å². The van der Waals surface area contributed by atoms with Gasteiger partial charge in [-0.25, -0.2) is 4.98 Å². The molecule has 24 heavy (non-hydrogen) atoms. The summed E-state index contributed by atoms with van der Waals surface area (Å²) < 4.78 is 0. The molecule has 1 aliphatic rings. The minimum Gasteiger partial charge on any atom is -0.330 e. The third kappa shape index (κ3) is 2.67. The number of pyridine rings is 1. The van der Waals surface area contributed by atoms with Gasteiger partial charge in [-0.1, -0.05) is 54.1 Å². The van der Waals surface area contributed by atoms with Crippen LogP contribution in [-0.2, 0) is 0 Å². The van der Waals surface area contributed by atoms with Crippen molar-refractivity contribution in [2.45, 2.75) is 25.8 Å². The number of carbonyl (C=O) groups excluding carboxylic acids is 1. The fourth-order valence-corrected chi connectivity index (χ4v) is 3.48. The monoisotopic (exact) mass is 316 g/mol. The normalized spacial score (nSPS) is 17.4. The highest BCUT2D eigenvalue weighted by Crippen LogP contribution is 2.33. The fraction of sp³-hybridized carbons (Fsp3) is 0.238. The van der Waals surface area contributed by atoms with Crippen molar-refractivity contribution in [1.82, 2.24) is 9.88 Å². The van der Waals surface area contributed by atoms with Gasteiger partial charge >= 0.3 is 0 Å². The predicted molar refractivity (Wildman–Crippen MR) is 95.9 cm³/mol. The van der Waals surface area contributed by atoms with E-state index in [1.54, 1.807) is 0 Å². The quantitative estimate of drug-likeness (QED) is 0.696. The Balaban J connectivity index is 1.65. The zero-order chi connectivity index (χ0) is 16.5. The molecule has 2 aromatic carbocycles. The first-order chi connectivity index (χ1) is 11.7. The summed E-state index contributed by atoms with van der Waals surface area (Å²) in [7, 11) is 0. The van der Waals surface area contributed by atoms with Gasteiger partial charge in [0.25, 0.3) is 5.91 Å². The molecular weight excluding hydrogens is 296 g/mol. The lowest BCUT2D eigenvalue weighted by Gasteiger charge is -2.25. The number of benzene rings is 2. The molecule has 0 N–H and O–H groups in total. The first kappa shape index (κ1) is 14.9. The Morgan fingerprint density at radius 1 is 1.04 bits per heavy atom. The summed E-state index contributed by atoms with van der Waals surface area (Å²) in [6.45, 7) is 2.88. The number of aromatic nitrogens is 1. The molecule has 0 spiro atoms. The molecule has 1 atom stereocenters. The van der Waals surface area contributed by atoms with Crippen LogP contribution in [0, 0.1) is 6.92 Å². The maximum Gasteiger partial charge on any atom is 0.272 e. The molecule has 3 heteroatoms. The second-order valence-corrected chi connectivity index (χ2v) is 6.46. The molecule has 3 aromatic rings. The molecule has 1 aromatic heterocycles. The van der Waals surface area contributed by atoms with E-state index < -0.39 is 0 Å². The number of hydrogen-bond acceptors (Lipinski definition) is 2. The van der Waals surface area contributed by atoms with Gasteiger partial charge in [0.2, 0.25) is 0 Å². The lowest BCUT2D eigenvalue weighted by Crippen LogP contribution is -2.31. The Morgan fingerprint density at radius 3 is 2.67 bits per heavy atom. The summed E-state index contributed by atoms with van der Waals surface area (Å²) in [4.78, 5) is 19.5. The van der Waals surface area contributed by atoms with Gasteiger partial charge in [0, 0.05) is 11.9 Å². The largest absolute Gasteiger partial charge is 0.330 e. The number of hydrogen-bond donors (Lipinski definition) is 0. The van der Waals surface area contributed by atoms with Crippen LogP contribution >= 0.6 is 0 Å². The van der Waals surface area contributed by atoms with Crippen molar-refractivity contribution in [2.75, 3.05) is 6.54 Å². The van der Waals surface area contributed by atoms with Crippen molar-refractivity contribution in [2.24, 2.45) is 0 Å². The number of para-hydroxylation sites is 1. The highest BCUT2D eigenvalue weighted by atomic mass is 16.2. The predicted octanol–water partition coefficient (Wildman–Crippen LogP) is 4.52. The maximum atomic E-state index is 13.0. The molecular formula is C21H20N2O. The third-order valence-electron chi connectivity index (χ3n) is 4.79. The first-order valence-corrected chi connectivity index (χ1v) is 8.46. The Labute approximate surface area is 141 Å². The van der Waals surface area contributed by atoms with Gasteiger partial charge in [0.05, 0.1) is 11.6 Å². The number of fused-ring (bicyclic) bond motifs is 1. The van der Waals surface area contributed by atoms with Crippen LogP contribution in [0.4, 0.5) is 0 Å². The zero-order valence-corrected chi connectivity index (χ0v) is 13.8. The Morgan fingerprint density at radius 2 is 1.83 bits per heavy atom. The fourth-order valence-electron chi connectivity index (χ4n) is 3.48. The van der Waals surface area contributed by atoms with Gasteiger partial charge in [0.15, 0.2) is 0 Å². The second kappa shape index (κ2) is 6.08. The van der Waals surface area contributed by atoms with Gasteiger partial charge in [-0.2, -0.15) is 0 Å². The van der Waals surface area contributed by atoms with Gasteiger partial charge in [0.1, 0.15) is 5.69 Å². The molecule has 0 aliphatic carbocycles. The summed E-state index contributed by atoms with van der Waals surface area (Å²) in [5.41, 5.74) is 3.86. The summed E-state index contributed by atoms with van der Waals surface area (Å²) in [5, 5.41) is 1.06. The molecule has 1 saturated heterocycles. The van der Waals surface area contributed by atoms with Crippen LogP contribution in [0.3, 0.4) is 0 Å². The molecule has 120 valence electrons. The van der Waals surface area contributed by atoms with E-state index in [-0.39, 0.29) is 11.9 Å². The maximum absolute atomic E-state index is 13.0. The molecule has 0 bridgehead atoms. The number of aryl methyl sites for hydroxylation is 1. The molecule has 2 heterocycles. The molecule has 3 nitrogen and oxygen atoms in total. The summed E-state index contributed by atoms with van der Waals surface area (Å²) in [6.07, 6.45) is 2.06. The Bertz CT molecular complexity index is 886. The van der Waals surface area contributed by atoms with E-state index in [0.29, 0.717) is 5.69 Å². The highest BCUT2D eigenvalue weighted by Gasteiger charge is 2.31. The van der Waals surface area contributed by atoms with Crippen molar-refractivity contribution in [3.8, 4) is 0 Å². The Hall–Kier alpha value is -2.68. The zero-order valence-electron chi connectivity index (χ0n) is 13.8. The van der Waals surface area contributed by atoms with E-state index in [2.05, 4.69) is 36.2 Å². The summed E-state index contributed by atoms with van der Waals surface area (Å²) >= 11 is 0. The van der Waals surface area contributed by atoms with Crippen molar-refractivity contribution < 1.29 is 4.79 Å². The number of nitrogens with zero attached hydrogens (tertiary/aromatic N) is 2. The number of rotatable bonds is 2. The molecule has 1 aliphatic heterocycles. The van der Waals surface area contributed by atoms with E-state index in [4.69, 9.17) is 0 Å². The smallest absolute Gasteiger partial charge is 0.272 e. The van der Waals surface area contributed by atoms with E-state index in [0.717, 1.165) is 30.3 Å². The van der Waals surface area contributed by atoms with Crippen LogP contribution in [0.15, 0.2) is 60.7 Å². The van der Waals surface area contributed by atoms with Gasteiger partial charge in [-0.05, 0) is 37.5 Å². The standard InChI is InChI=1S/C21H20N2O/c1-15-8-10-17(11-9-15)20-7-4-14-23(20)21(24)19-13-12-16-5-2-3-6-18(16)22-19/h2-3,5-6,8-13,20H,4,7,14H2,1H3/t20-/m1/s1. The summed E-state index contributed by atoms with van der Waals surface area (Å²) in [6, 6.07) is 20.4. The molecule has 0 saturated carbocycles. The Kier molecular flexibility index (Phi) is 3.77. The van der Waals surface area contributed by atoms with Crippen molar-refractivity contribution in [3.05, 3.63) is 77.5 Å². The van der Waals surface area contributed by atoms with Gasteiger partial charge in [-0.15, -0.1) is 0 Å². The molecule has 4 rings (SSSR count). The topological polar surface area (TPSA) is 33.2 Å². The van der Waals surface area contributed by atoms with Crippen LogP contribution in [0.1, 0.15) is 40.5 Å². The van der Waals surface area contributed by atoms with Crippen LogP contribution in [-0.4, -0.2) is 22.3 Å². The van der Waals surface area contributed by atoms with Crippen LogP contribution < -0.4 is 0 Å². The van der Waals surface area contributed by atoms with Crippen LogP contribution in [0.25, 0.3) is 10.9 Å². The van der Waals surface area contributed by atoms with E-state index >= 15 is 0 Å². The van der Waals surface area contributed by atoms with E-state index in [9.17, 15) is 4.79 Å². The number of amides is 1. The molecule has 1 amide bonds. The third-order valence-corrected chi connectivity index (χ3v) is 4.79. The summed E-state index contributed by atoms with van der Waals surface area (Å²) in [5.74, 6) is 0.0313. The minimum atomic E-state index is 0.0313. The number of likely N-dealkylation sites (tertiary alicyclic amines) is 1. The lowest BCUT2D eigenvalue weighted by atomic mass is 10.0.